The predicted octanol–water partition coefficient (Wildman–Crippen LogP) is 2.44. The third-order valence-corrected chi connectivity index (χ3v) is 4.33. The molecule has 1 aromatic carbocycles. The molecule has 2 atom stereocenters. The zero-order valence-electron chi connectivity index (χ0n) is 10.6. The fraction of sp³-hybridized carbons (Fsp3) is 0.500. The lowest BCUT2D eigenvalue weighted by Crippen LogP contribution is -2.43. The molecule has 0 saturated carbocycles. The second-order valence-corrected chi connectivity index (χ2v) is 5.66. The van der Waals surface area contributed by atoms with Gasteiger partial charge >= 0.3 is 0 Å². The van der Waals surface area contributed by atoms with Crippen molar-refractivity contribution >= 4 is 29.9 Å². The average Bonchev–Trinajstić information content (AvgIpc) is 2.86. The molecule has 2 saturated heterocycles. The molecule has 2 heterocycles. The predicted molar refractivity (Wildman–Crippen MR) is 79.1 cm³/mol. The Morgan fingerprint density at radius 3 is 2.63 bits per heavy atom. The van der Waals surface area contributed by atoms with Crippen LogP contribution in [0.5, 0.6) is 0 Å². The summed E-state index contributed by atoms with van der Waals surface area (Å²) in [5, 5.41) is 4.09. The van der Waals surface area contributed by atoms with Gasteiger partial charge in [-0.15, -0.1) is 12.4 Å². The summed E-state index contributed by atoms with van der Waals surface area (Å²) in [7, 11) is 0. The summed E-state index contributed by atoms with van der Waals surface area (Å²) >= 11 is 5.84. The van der Waals surface area contributed by atoms with Crippen LogP contribution in [0.3, 0.4) is 0 Å². The maximum atomic E-state index is 12.4. The second-order valence-electron chi connectivity index (χ2n) is 5.23. The Balaban J connectivity index is 0.00000133. The molecule has 1 amide bonds. The number of likely N-dealkylation sites (tertiary alicyclic amines) is 1. The normalized spacial score (nSPS) is 25.6. The molecular formula is C14H18Cl2N2O. The number of nitrogens with one attached hydrogen (secondary N) is 1. The van der Waals surface area contributed by atoms with Crippen molar-refractivity contribution in [2.75, 3.05) is 26.2 Å². The van der Waals surface area contributed by atoms with Crippen molar-refractivity contribution in [1.82, 2.24) is 10.2 Å². The third kappa shape index (κ3) is 3.04. The van der Waals surface area contributed by atoms with E-state index < -0.39 is 0 Å². The minimum Gasteiger partial charge on any atom is -0.338 e. The second kappa shape index (κ2) is 6.12. The van der Waals surface area contributed by atoms with E-state index in [1.54, 1.807) is 12.1 Å². The first-order valence-corrected chi connectivity index (χ1v) is 6.87. The number of rotatable bonds is 1. The van der Waals surface area contributed by atoms with E-state index in [2.05, 4.69) is 5.32 Å². The van der Waals surface area contributed by atoms with Gasteiger partial charge in [0.15, 0.2) is 0 Å². The molecule has 3 nitrogen and oxygen atoms in total. The zero-order valence-corrected chi connectivity index (χ0v) is 12.2. The fourth-order valence-corrected chi connectivity index (χ4v) is 3.12. The lowest BCUT2D eigenvalue weighted by atomic mass is 9.88. The van der Waals surface area contributed by atoms with Crippen molar-refractivity contribution in [3.8, 4) is 0 Å². The molecule has 1 aromatic rings. The number of amides is 1. The highest BCUT2D eigenvalue weighted by Crippen LogP contribution is 2.27. The van der Waals surface area contributed by atoms with Gasteiger partial charge in [0.05, 0.1) is 0 Å². The molecule has 0 aromatic heterocycles. The third-order valence-electron chi connectivity index (χ3n) is 4.08. The van der Waals surface area contributed by atoms with Crippen LogP contribution in [0.25, 0.3) is 0 Å². The van der Waals surface area contributed by atoms with E-state index in [1.165, 1.54) is 0 Å². The van der Waals surface area contributed by atoms with Crippen LogP contribution in [0.15, 0.2) is 24.3 Å². The Bertz CT molecular complexity index is 449. The molecule has 104 valence electrons. The Labute approximate surface area is 124 Å². The first-order chi connectivity index (χ1) is 8.74. The number of nitrogens with zero attached hydrogens (tertiary/aromatic N) is 1. The van der Waals surface area contributed by atoms with Crippen molar-refractivity contribution in [1.29, 1.82) is 0 Å². The molecule has 2 fully saturated rings. The van der Waals surface area contributed by atoms with Gasteiger partial charge in [0, 0.05) is 23.7 Å². The molecule has 1 N–H and O–H groups in total. The van der Waals surface area contributed by atoms with E-state index in [0.717, 1.165) is 44.1 Å². The number of fused-ring (bicyclic) bond motifs is 1. The summed E-state index contributed by atoms with van der Waals surface area (Å²) < 4.78 is 0. The van der Waals surface area contributed by atoms with Crippen LogP contribution < -0.4 is 5.32 Å². The molecule has 5 heteroatoms. The molecule has 0 aliphatic carbocycles. The molecule has 0 bridgehead atoms. The van der Waals surface area contributed by atoms with E-state index in [-0.39, 0.29) is 18.3 Å². The van der Waals surface area contributed by atoms with Crippen LogP contribution in [0, 0.1) is 11.8 Å². The van der Waals surface area contributed by atoms with E-state index in [1.807, 2.05) is 17.0 Å². The van der Waals surface area contributed by atoms with E-state index in [9.17, 15) is 4.79 Å². The highest BCUT2D eigenvalue weighted by Gasteiger charge is 2.34. The molecule has 0 radical (unpaired) electrons. The van der Waals surface area contributed by atoms with E-state index in [4.69, 9.17) is 11.6 Å². The summed E-state index contributed by atoms with van der Waals surface area (Å²) in [6.07, 6.45) is 1.12. The number of hydrogen-bond donors (Lipinski definition) is 1. The Morgan fingerprint density at radius 1 is 1.21 bits per heavy atom. The monoisotopic (exact) mass is 300 g/mol. The topological polar surface area (TPSA) is 32.3 Å². The van der Waals surface area contributed by atoms with Gasteiger partial charge in [-0.1, -0.05) is 11.6 Å². The van der Waals surface area contributed by atoms with Gasteiger partial charge in [0.25, 0.3) is 5.91 Å². The van der Waals surface area contributed by atoms with Crippen molar-refractivity contribution in [3.05, 3.63) is 34.9 Å². The number of carbonyl (C=O) groups is 1. The quantitative estimate of drug-likeness (QED) is 0.864. The first kappa shape index (κ1) is 14.6. The highest BCUT2D eigenvalue weighted by molar-refractivity contribution is 6.30. The molecule has 2 aliphatic rings. The molecule has 2 aliphatic heterocycles. The zero-order chi connectivity index (χ0) is 12.5. The molecule has 3 rings (SSSR count). The Morgan fingerprint density at radius 2 is 1.89 bits per heavy atom. The van der Waals surface area contributed by atoms with Crippen LogP contribution in [0.2, 0.25) is 5.02 Å². The number of benzene rings is 1. The standard InChI is InChI=1S/C14H17ClN2O.ClH/c15-13-3-1-10(2-4-13)14(18)17-6-5-11-7-16-8-12(11)9-17;/h1-4,11-12,16H,5-9H2;1H. The minimum absolute atomic E-state index is 0. The van der Waals surface area contributed by atoms with Crippen LogP contribution in [0.4, 0.5) is 0 Å². The van der Waals surface area contributed by atoms with Crippen molar-refractivity contribution < 1.29 is 4.79 Å². The van der Waals surface area contributed by atoms with Gasteiger partial charge in [0.2, 0.25) is 0 Å². The summed E-state index contributed by atoms with van der Waals surface area (Å²) in [5.41, 5.74) is 0.740. The minimum atomic E-state index is 0. The highest BCUT2D eigenvalue weighted by atomic mass is 35.5. The lowest BCUT2D eigenvalue weighted by Gasteiger charge is -2.34. The maximum absolute atomic E-state index is 12.4. The summed E-state index contributed by atoms with van der Waals surface area (Å²) in [4.78, 5) is 14.3. The van der Waals surface area contributed by atoms with Gasteiger partial charge in [-0.3, -0.25) is 4.79 Å². The van der Waals surface area contributed by atoms with E-state index in [0.29, 0.717) is 10.9 Å². The smallest absolute Gasteiger partial charge is 0.253 e. The Hall–Kier alpha value is -0.770. The van der Waals surface area contributed by atoms with Crippen LogP contribution in [-0.4, -0.2) is 37.0 Å². The summed E-state index contributed by atoms with van der Waals surface area (Å²) in [6.45, 7) is 3.94. The number of carbonyl (C=O) groups excluding carboxylic acids is 1. The van der Waals surface area contributed by atoms with Gasteiger partial charge in [-0.25, -0.2) is 0 Å². The summed E-state index contributed by atoms with van der Waals surface area (Å²) in [5.74, 6) is 1.53. The first-order valence-electron chi connectivity index (χ1n) is 6.49. The van der Waals surface area contributed by atoms with Crippen molar-refractivity contribution in [3.63, 3.8) is 0 Å². The average molecular weight is 301 g/mol. The van der Waals surface area contributed by atoms with Crippen LogP contribution in [0.1, 0.15) is 16.8 Å². The van der Waals surface area contributed by atoms with Gasteiger partial charge in [0.1, 0.15) is 0 Å². The molecule has 19 heavy (non-hydrogen) atoms. The Kier molecular flexibility index (Phi) is 4.71. The molecule has 2 unspecified atom stereocenters. The summed E-state index contributed by atoms with van der Waals surface area (Å²) in [6, 6.07) is 7.17. The van der Waals surface area contributed by atoms with E-state index >= 15 is 0 Å². The number of piperidine rings is 1. The van der Waals surface area contributed by atoms with Crippen LogP contribution >= 0.6 is 24.0 Å². The largest absolute Gasteiger partial charge is 0.338 e. The van der Waals surface area contributed by atoms with Gasteiger partial charge in [-0.05, 0) is 55.6 Å². The lowest BCUT2D eigenvalue weighted by molar-refractivity contribution is 0.0642. The molecular weight excluding hydrogens is 283 g/mol. The van der Waals surface area contributed by atoms with Crippen LogP contribution in [-0.2, 0) is 0 Å². The maximum Gasteiger partial charge on any atom is 0.253 e. The number of halogens is 2. The van der Waals surface area contributed by atoms with Gasteiger partial charge in [-0.2, -0.15) is 0 Å². The molecule has 0 spiro atoms. The van der Waals surface area contributed by atoms with Gasteiger partial charge < -0.3 is 10.2 Å². The van der Waals surface area contributed by atoms with Crippen molar-refractivity contribution in [2.45, 2.75) is 6.42 Å². The van der Waals surface area contributed by atoms with Crippen molar-refractivity contribution in [2.24, 2.45) is 11.8 Å². The number of hydrogen-bond acceptors (Lipinski definition) is 2. The SMILES string of the molecule is Cl.O=C(c1ccc(Cl)cc1)N1CCC2CNCC2C1. The fourth-order valence-electron chi connectivity index (χ4n) is 2.99.